The summed E-state index contributed by atoms with van der Waals surface area (Å²) in [7, 11) is 1.95. The van der Waals surface area contributed by atoms with Gasteiger partial charge in [0, 0.05) is 30.6 Å². The third kappa shape index (κ3) is 5.70. The molecule has 0 aliphatic carbocycles. The summed E-state index contributed by atoms with van der Waals surface area (Å²) in [5.41, 5.74) is 1.67. The van der Waals surface area contributed by atoms with Crippen molar-refractivity contribution in [1.29, 1.82) is 0 Å². The van der Waals surface area contributed by atoms with Crippen LogP contribution < -0.4 is 20.5 Å². The number of anilines is 1. The van der Waals surface area contributed by atoms with E-state index in [-0.39, 0.29) is 29.8 Å². The van der Waals surface area contributed by atoms with Gasteiger partial charge in [-0.05, 0) is 45.2 Å². The van der Waals surface area contributed by atoms with Gasteiger partial charge in [-0.3, -0.25) is 9.59 Å². The largest absolute Gasteiger partial charge is 0.363 e. The molecule has 8 heteroatoms. The zero-order valence-electron chi connectivity index (χ0n) is 21.1. The molecule has 8 nitrogen and oxygen atoms in total. The first-order valence-corrected chi connectivity index (χ1v) is 12.0. The van der Waals surface area contributed by atoms with E-state index in [1.165, 1.54) is 5.56 Å². The number of benzene rings is 1. The fraction of sp³-hybridized carbons (Fsp3) is 0.407. The Labute approximate surface area is 206 Å². The van der Waals surface area contributed by atoms with Gasteiger partial charge in [-0.2, -0.15) is 5.10 Å². The molecule has 1 aliphatic heterocycles. The van der Waals surface area contributed by atoms with Gasteiger partial charge in [0.15, 0.2) is 12.4 Å². The topological polar surface area (TPSA) is 91.9 Å². The minimum absolute atomic E-state index is 0.0703. The van der Waals surface area contributed by atoms with Crippen LogP contribution >= 0.6 is 0 Å². The molecule has 3 N–H and O–H groups in total. The molecule has 1 atom stereocenters. The second-order valence-electron chi connectivity index (χ2n) is 10.6. The van der Waals surface area contributed by atoms with E-state index in [4.69, 9.17) is 0 Å². The highest BCUT2D eigenvalue weighted by Gasteiger charge is 2.37. The molecule has 4 rings (SSSR count). The van der Waals surface area contributed by atoms with Crippen molar-refractivity contribution in [1.82, 2.24) is 20.4 Å². The fourth-order valence-corrected chi connectivity index (χ4v) is 4.53. The van der Waals surface area contributed by atoms with Crippen LogP contribution in [0.2, 0.25) is 0 Å². The molecule has 3 heterocycles. The van der Waals surface area contributed by atoms with Crippen LogP contribution in [0.5, 0.6) is 0 Å². The van der Waals surface area contributed by atoms with Gasteiger partial charge in [0.1, 0.15) is 18.4 Å². The zero-order valence-corrected chi connectivity index (χ0v) is 21.1. The molecule has 1 unspecified atom stereocenters. The van der Waals surface area contributed by atoms with Crippen LogP contribution in [-0.4, -0.2) is 27.1 Å². The number of rotatable bonds is 7. The zero-order chi connectivity index (χ0) is 25.2. The number of fused-ring (bicyclic) bond motifs is 1. The lowest BCUT2D eigenvalue weighted by Gasteiger charge is -2.38. The summed E-state index contributed by atoms with van der Waals surface area (Å²) in [6.07, 6.45) is 6.50. The molecule has 35 heavy (non-hydrogen) atoms. The Hall–Kier alpha value is -3.68. The number of hydrogen-bond acceptors (Lipinski definition) is 4. The van der Waals surface area contributed by atoms with E-state index in [1.807, 2.05) is 72.9 Å². The maximum atomic E-state index is 13.3. The molecular weight excluding hydrogens is 440 g/mol. The summed E-state index contributed by atoms with van der Waals surface area (Å²) in [5, 5.41) is 14.0. The van der Waals surface area contributed by atoms with Crippen LogP contribution in [0.3, 0.4) is 0 Å². The lowest BCUT2D eigenvalue weighted by atomic mass is 9.89. The SMILES string of the molecule is C[n+]1ccc(CNC(=O)CC(C)(C)NC(=O)c2cnn3c2NC(c2ccccc2)CC3(C)C)cc1. The molecule has 2 amide bonds. The molecule has 3 aromatic rings. The van der Waals surface area contributed by atoms with Crippen LogP contribution in [0.15, 0.2) is 61.1 Å². The number of carbonyl (C=O) groups excluding carboxylic acids is 2. The predicted octanol–water partition coefficient (Wildman–Crippen LogP) is 3.21. The molecule has 184 valence electrons. The number of nitrogens with one attached hydrogen (secondary N) is 3. The summed E-state index contributed by atoms with van der Waals surface area (Å²) in [6.45, 7) is 8.41. The van der Waals surface area contributed by atoms with Crippen molar-refractivity contribution < 1.29 is 14.2 Å². The predicted molar refractivity (Wildman–Crippen MR) is 135 cm³/mol. The molecule has 0 spiro atoms. The summed E-state index contributed by atoms with van der Waals surface area (Å²) in [4.78, 5) is 25.9. The number of amides is 2. The lowest BCUT2D eigenvalue weighted by molar-refractivity contribution is -0.671. The molecule has 0 saturated carbocycles. The average molecular weight is 476 g/mol. The van der Waals surface area contributed by atoms with Crippen LogP contribution in [0.1, 0.15) is 68.1 Å². The first kappa shape index (κ1) is 24.4. The van der Waals surface area contributed by atoms with Crippen molar-refractivity contribution in [2.75, 3.05) is 5.32 Å². The molecule has 0 radical (unpaired) electrons. The average Bonchev–Trinajstić information content (AvgIpc) is 3.24. The molecule has 2 aromatic heterocycles. The van der Waals surface area contributed by atoms with Gasteiger partial charge in [-0.25, -0.2) is 9.25 Å². The van der Waals surface area contributed by atoms with E-state index in [2.05, 4.69) is 47.0 Å². The Balaban J connectivity index is 1.43. The molecular formula is C27H35N6O2+. The molecule has 1 aromatic carbocycles. The van der Waals surface area contributed by atoms with Crippen molar-refractivity contribution in [2.45, 2.75) is 64.2 Å². The number of carbonyl (C=O) groups is 2. The molecule has 1 aliphatic rings. The highest BCUT2D eigenvalue weighted by atomic mass is 16.2. The van der Waals surface area contributed by atoms with E-state index >= 15 is 0 Å². The lowest BCUT2D eigenvalue weighted by Crippen LogP contribution is -2.47. The Kier molecular flexibility index (Phi) is 6.65. The van der Waals surface area contributed by atoms with Crippen LogP contribution in [0, 0.1) is 0 Å². The first-order chi connectivity index (χ1) is 16.5. The van der Waals surface area contributed by atoms with Crippen molar-refractivity contribution in [3.05, 3.63) is 77.7 Å². The Morgan fingerprint density at radius 2 is 1.86 bits per heavy atom. The summed E-state index contributed by atoms with van der Waals surface area (Å²) in [5.74, 6) is 0.325. The Bertz CT molecular complexity index is 1200. The number of aryl methyl sites for hydroxylation is 1. The van der Waals surface area contributed by atoms with Gasteiger partial charge in [0.05, 0.1) is 17.8 Å². The third-order valence-electron chi connectivity index (χ3n) is 6.40. The maximum absolute atomic E-state index is 13.3. The van der Waals surface area contributed by atoms with Gasteiger partial charge in [0.2, 0.25) is 5.91 Å². The second-order valence-corrected chi connectivity index (χ2v) is 10.6. The van der Waals surface area contributed by atoms with Crippen molar-refractivity contribution >= 4 is 17.6 Å². The summed E-state index contributed by atoms with van der Waals surface area (Å²) >= 11 is 0. The normalized spacial score (nSPS) is 16.7. The highest BCUT2D eigenvalue weighted by Crippen LogP contribution is 2.39. The number of nitrogens with zero attached hydrogens (tertiary/aromatic N) is 3. The second kappa shape index (κ2) is 9.52. The standard InChI is InChI=1S/C27H34N6O2/c1-26(2,16-23(34)28-17-19-11-13-32(5)14-12-19)31-25(35)21-18-29-33-24(21)30-22(15-27(33,3)4)20-9-7-6-8-10-20/h6-14,18,22H,15-17H2,1-5H3,(H2-,28,29,30,31,34,35)/p+1. The molecule has 0 bridgehead atoms. The van der Waals surface area contributed by atoms with Crippen molar-refractivity contribution in [3.8, 4) is 0 Å². The maximum Gasteiger partial charge on any atom is 0.257 e. The minimum atomic E-state index is -0.734. The van der Waals surface area contributed by atoms with Crippen molar-refractivity contribution in [2.24, 2.45) is 7.05 Å². The minimum Gasteiger partial charge on any atom is -0.363 e. The van der Waals surface area contributed by atoms with Crippen molar-refractivity contribution in [3.63, 3.8) is 0 Å². The first-order valence-electron chi connectivity index (χ1n) is 12.0. The third-order valence-corrected chi connectivity index (χ3v) is 6.40. The van der Waals surface area contributed by atoms with Gasteiger partial charge < -0.3 is 16.0 Å². The number of aromatic nitrogens is 3. The quantitative estimate of drug-likeness (QED) is 0.458. The molecule has 0 saturated heterocycles. The van der Waals surface area contributed by atoms with E-state index in [9.17, 15) is 9.59 Å². The highest BCUT2D eigenvalue weighted by molar-refractivity contribution is 5.99. The van der Waals surface area contributed by atoms with Crippen LogP contribution in [0.4, 0.5) is 5.82 Å². The van der Waals surface area contributed by atoms with Gasteiger partial charge in [-0.1, -0.05) is 30.3 Å². The van der Waals surface area contributed by atoms with Gasteiger partial charge >= 0.3 is 0 Å². The number of pyridine rings is 1. The van der Waals surface area contributed by atoms with Crippen LogP contribution in [0.25, 0.3) is 0 Å². The Morgan fingerprint density at radius 3 is 2.54 bits per heavy atom. The van der Waals surface area contributed by atoms with Gasteiger partial charge in [0.25, 0.3) is 5.91 Å². The Morgan fingerprint density at radius 1 is 1.17 bits per heavy atom. The summed E-state index contributed by atoms with van der Waals surface area (Å²) < 4.78 is 3.83. The van der Waals surface area contributed by atoms with Gasteiger partial charge in [-0.15, -0.1) is 0 Å². The monoisotopic (exact) mass is 475 g/mol. The van der Waals surface area contributed by atoms with E-state index < -0.39 is 5.54 Å². The van der Waals surface area contributed by atoms with E-state index in [0.717, 1.165) is 12.0 Å². The van der Waals surface area contributed by atoms with E-state index in [0.29, 0.717) is 17.9 Å². The smallest absolute Gasteiger partial charge is 0.257 e. The fourth-order valence-electron chi connectivity index (χ4n) is 4.53. The number of hydrogen-bond donors (Lipinski definition) is 3. The summed E-state index contributed by atoms with van der Waals surface area (Å²) in [6, 6.07) is 14.2. The van der Waals surface area contributed by atoms with E-state index in [1.54, 1.807) is 6.20 Å². The molecule has 0 fully saturated rings. The van der Waals surface area contributed by atoms with Crippen LogP contribution in [-0.2, 0) is 23.9 Å².